The van der Waals surface area contributed by atoms with Crippen molar-refractivity contribution in [3.63, 3.8) is 0 Å². The number of nitrogen functional groups attached to an aromatic ring is 1. The van der Waals surface area contributed by atoms with E-state index in [1.54, 1.807) is 18.5 Å². The highest BCUT2D eigenvalue weighted by Crippen LogP contribution is 2.16. The Bertz CT molecular complexity index is 326. The fourth-order valence-corrected chi connectivity index (χ4v) is 1.16. The van der Waals surface area contributed by atoms with Crippen molar-refractivity contribution in [2.45, 2.75) is 19.4 Å². The lowest BCUT2D eigenvalue weighted by Crippen LogP contribution is -2.24. The van der Waals surface area contributed by atoms with Crippen LogP contribution in [-0.2, 0) is 4.79 Å². The molecule has 5 heteroatoms. The van der Waals surface area contributed by atoms with Gasteiger partial charge in [-0.25, -0.2) is 0 Å². The molecule has 0 saturated heterocycles. The van der Waals surface area contributed by atoms with Crippen LogP contribution in [0.1, 0.15) is 13.3 Å². The smallest absolute Gasteiger partial charge is 0.219 e. The number of hydrogen-bond donors (Lipinski definition) is 3. The fraction of sp³-hybridized carbons (Fsp3) is 0.333. The molecule has 76 valence electrons. The lowest BCUT2D eigenvalue weighted by molar-refractivity contribution is -0.118. The summed E-state index contributed by atoms with van der Waals surface area (Å²) in [7, 11) is 0. The number of nitrogens with two attached hydrogens (primary N) is 2. The Kier molecular flexibility index (Phi) is 3.28. The zero-order valence-electron chi connectivity index (χ0n) is 8.03. The van der Waals surface area contributed by atoms with E-state index in [9.17, 15) is 4.79 Å². The van der Waals surface area contributed by atoms with Gasteiger partial charge in [0.15, 0.2) is 0 Å². The first-order valence-electron chi connectivity index (χ1n) is 4.34. The van der Waals surface area contributed by atoms with Crippen LogP contribution in [0.2, 0.25) is 0 Å². The van der Waals surface area contributed by atoms with Crippen LogP contribution in [0.3, 0.4) is 0 Å². The van der Waals surface area contributed by atoms with Gasteiger partial charge in [0.25, 0.3) is 0 Å². The molecule has 1 amide bonds. The molecule has 14 heavy (non-hydrogen) atoms. The minimum absolute atomic E-state index is 0.0304. The van der Waals surface area contributed by atoms with Crippen molar-refractivity contribution >= 4 is 17.3 Å². The predicted octanol–water partition coefficient (Wildman–Crippen LogP) is 0.340. The molecule has 1 atom stereocenters. The van der Waals surface area contributed by atoms with Crippen LogP contribution in [0.25, 0.3) is 0 Å². The number of primary amides is 1. The summed E-state index contributed by atoms with van der Waals surface area (Å²) in [6, 6.07) is 1.73. The van der Waals surface area contributed by atoms with E-state index in [0.29, 0.717) is 5.69 Å². The van der Waals surface area contributed by atoms with Crippen molar-refractivity contribution in [1.82, 2.24) is 4.98 Å². The van der Waals surface area contributed by atoms with Crippen LogP contribution in [0.4, 0.5) is 11.4 Å². The van der Waals surface area contributed by atoms with E-state index in [1.165, 1.54) is 0 Å². The highest BCUT2D eigenvalue weighted by atomic mass is 16.1. The number of anilines is 2. The molecule has 0 spiro atoms. The van der Waals surface area contributed by atoms with Crippen molar-refractivity contribution in [2.24, 2.45) is 5.73 Å². The molecular weight excluding hydrogens is 180 g/mol. The minimum Gasteiger partial charge on any atom is -0.396 e. The zero-order valence-corrected chi connectivity index (χ0v) is 8.03. The van der Waals surface area contributed by atoms with Gasteiger partial charge in [-0.1, -0.05) is 0 Å². The monoisotopic (exact) mass is 194 g/mol. The average molecular weight is 194 g/mol. The van der Waals surface area contributed by atoms with E-state index >= 15 is 0 Å². The van der Waals surface area contributed by atoms with Crippen molar-refractivity contribution in [3.8, 4) is 0 Å². The highest BCUT2D eigenvalue weighted by molar-refractivity contribution is 5.75. The van der Waals surface area contributed by atoms with E-state index < -0.39 is 0 Å². The second-order valence-electron chi connectivity index (χ2n) is 3.18. The molecule has 1 heterocycles. The molecule has 1 aromatic rings. The predicted molar refractivity (Wildman–Crippen MR) is 55.5 cm³/mol. The van der Waals surface area contributed by atoms with E-state index in [4.69, 9.17) is 11.5 Å². The summed E-state index contributed by atoms with van der Waals surface area (Å²) < 4.78 is 0. The molecular formula is C9H14N4O. The lowest BCUT2D eigenvalue weighted by atomic mass is 10.2. The van der Waals surface area contributed by atoms with E-state index in [2.05, 4.69) is 10.3 Å². The summed E-state index contributed by atoms with van der Waals surface area (Å²) in [6.45, 7) is 1.87. The Morgan fingerprint density at radius 2 is 2.43 bits per heavy atom. The van der Waals surface area contributed by atoms with Crippen molar-refractivity contribution in [1.29, 1.82) is 0 Å². The molecule has 0 aliphatic carbocycles. The second-order valence-corrected chi connectivity index (χ2v) is 3.18. The lowest BCUT2D eigenvalue weighted by Gasteiger charge is -2.14. The third-order valence-corrected chi connectivity index (χ3v) is 1.76. The standard InChI is InChI=1S/C9H14N4O/c1-6(4-9(11)14)13-8-2-3-12-5-7(8)10/h2-3,5-6H,4,10H2,1H3,(H2,11,14)(H,12,13). The minimum atomic E-state index is -0.336. The highest BCUT2D eigenvalue weighted by Gasteiger charge is 2.06. The molecule has 0 aliphatic rings. The van der Waals surface area contributed by atoms with Gasteiger partial charge in [-0.2, -0.15) is 0 Å². The van der Waals surface area contributed by atoms with E-state index in [-0.39, 0.29) is 18.4 Å². The number of hydrogen-bond acceptors (Lipinski definition) is 4. The van der Waals surface area contributed by atoms with E-state index in [1.807, 2.05) is 6.92 Å². The largest absolute Gasteiger partial charge is 0.396 e. The van der Waals surface area contributed by atoms with Gasteiger partial charge in [0.05, 0.1) is 17.6 Å². The Balaban J connectivity index is 2.60. The SMILES string of the molecule is CC(CC(N)=O)Nc1ccncc1N. The molecule has 0 bridgehead atoms. The first-order valence-corrected chi connectivity index (χ1v) is 4.34. The second kappa shape index (κ2) is 4.45. The van der Waals surface area contributed by atoms with Crippen LogP contribution in [0.5, 0.6) is 0 Å². The van der Waals surface area contributed by atoms with Gasteiger partial charge in [0.1, 0.15) is 0 Å². The number of amides is 1. The Hall–Kier alpha value is -1.78. The number of aromatic nitrogens is 1. The number of pyridine rings is 1. The average Bonchev–Trinajstić information content (AvgIpc) is 2.07. The van der Waals surface area contributed by atoms with Crippen LogP contribution >= 0.6 is 0 Å². The van der Waals surface area contributed by atoms with E-state index in [0.717, 1.165) is 5.69 Å². The first kappa shape index (κ1) is 10.3. The number of carbonyl (C=O) groups excluding carboxylic acids is 1. The summed E-state index contributed by atoms with van der Waals surface area (Å²) in [4.78, 5) is 14.5. The summed E-state index contributed by atoms with van der Waals surface area (Å²) in [6.07, 6.45) is 3.47. The van der Waals surface area contributed by atoms with Crippen molar-refractivity contribution < 1.29 is 4.79 Å². The number of carbonyl (C=O) groups is 1. The molecule has 1 aromatic heterocycles. The quantitative estimate of drug-likeness (QED) is 0.644. The molecule has 1 rings (SSSR count). The maximum atomic E-state index is 10.6. The van der Waals surface area contributed by atoms with Crippen LogP contribution < -0.4 is 16.8 Å². The van der Waals surface area contributed by atoms with Crippen LogP contribution in [-0.4, -0.2) is 16.9 Å². The van der Waals surface area contributed by atoms with Gasteiger partial charge in [0.2, 0.25) is 5.91 Å². The van der Waals surface area contributed by atoms with Gasteiger partial charge in [0, 0.05) is 18.7 Å². The Morgan fingerprint density at radius 3 is 3.00 bits per heavy atom. The fourth-order valence-electron chi connectivity index (χ4n) is 1.16. The van der Waals surface area contributed by atoms with Crippen molar-refractivity contribution in [3.05, 3.63) is 18.5 Å². The Labute approximate surface area is 82.5 Å². The number of nitrogens with zero attached hydrogens (tertiary/aromatic N) is 1. The third kappa shape index (κ3) is 2.93. The maximum absolute atomic E-state index is 10.6. The summed E-state index contributed by atoms with van der Waals surface area (Å²) >= 11 is 0. The molecule has 0 saturated carbocycles. The van der Waals surface area contributed by atoms with Gasteiger partial charge >= 0.3 is 0 Å². The first-order chi connectivity index (χ1) is 6.59. The Morgan fingerprint density at radius 1 is 1.71 bits per heavy atom. The molecule has 0 aromatic carbocycles. The molecule has 5 N–H and O–H groups in total. The third-order valence-electron chi connectivity index (χ3n) is 1.76. The number of rotatable bonds is 4. The van der Waals surface area contributed by atoms with Gasteiger partial charge in [-0.05, 0) is 13.0 Å². The summed E-state index contributed by atoms with van der Waals surface area (Å²) in [5.41, 5.74) is 12.1. The molecule has 5 nitrogen and oxygen atoms in total. The van der Waals surface area contributed by atoms with Crippen LogP contribution in [0, 0.1) is 0 Å². The topological polar surface area (TPSA) is 94.0 Å². The van der Waals surface area contributed by atoms with Crippen LogP contribution in [0.15, 0.2) is 18.5 Å². The molecule has 1 unspecified atom stereocenters. The number of nitrogens with one attached hydrogen (secondary N) is 1. The van der Waals surface area contributed by atoms with Gasteiger partial charge in [-0.3, -0.25) is 9.78 Å². The zero-order chi connectivity index (χ0) is 10.6. The molecule has 0 fully saturated rings. The summed E-state index contributed by atoms with van der Waals surface area (Å²) in [5, 5.41) is 3.08. The maximum Gasteiger partial charge on any atom is 0.219 e. The molecule has 0 radical (unpaired) electrons. The summed E-state index contributed by atoms with van der Waals surface area (Å²) in [5.74, 6) is -0.336. The van der Waals surface area contributed by atoms with Crippen molar-refractivity contribution in [2.75, 3.05) is 11.1 Å². The van der Waals surface area contributed by atoms with Gasteiger partial charge < -0.3 is 16.8 Å². The normalized spacial score (nSPS) is 12.1. The van der Waals surface area contributed by atoms with Gasteiger partial charge in [-0.15, -0.1) is 0 Å². The molecule has 0 aliphatic heterocycles.